The molecule has 2 aliphatic rings. The second-order valence-corrected chi connectivity index (χ2v) is 8.41. The number of nitrogens with zero attached hydrogens (tertiary/aromatic N) is 1. The Labute approximate surface area is 173 Å². The van der Waals surface area contributed by atoms with E-state index in [-0.39, 0.29) is 12.5 Å². The minimum atomic E-state index is 0.0860. The predicted octanol–water partition coefficient (Wildman–Crippen LogP) is 4.47. The van der Waals surface area contributed by atoms with Gasteiger partial charge in [0.1, 0.15) is 5.75 Å². The zero-order chi connectivity index (χ0) is 19.9. The number of ether oxygens (including phenoxy) is 2. The first-order valence-electron chi connectivity index (χ1n) is 10.9. The van der Waals surface area contributed by atoms with Crippen LogP contribution >= 0.6 is 0 Å². The van der Waals surface area contributed by atoms with E-state index >= 15 is 0 Å². The standard InChI is InChI=1S/C25H31NO3/c27-25(19-29-24-4-2-1-3-5-24)26-14-12-21(13-15-26)16-20-6-8-22(9-7-20)17-28-18-23-10-11-23/h1-9,21,23H,10-19H2. The normalized spacial score (nSPS) is 17.3. The van der Waals surface area contributed by atoms with Gasteiger partial charge >= 0.3 is 0 Å². The molecule has 0 bridgehead atoms. The van der Waals surface area contributed by atoms with Crippen molar-refractivity contribution in [1.82, 2.24) is 4.90 Å². The first-order valence-corrected chi connectivity index (χ1v) is 10.9. The van der Waals surface area contributed by atoms with E-state index in [0.717, 1.165) is 57.2 Å². The van der Waals surface area contributed by atoms with Crippen molar-refractivity contribution in [3.63, 3.8) is 0 Å². The molecular formula is C25H31NO3. The molecule has 1 aliphatic heterocycles. The van der Waals surface area contributed by atoms with E-state index in [4.69, 9.17) is 9.47 Å². The van der Waals surface area contributed by atoms with Gasteiger partial charge in [-0.3, -0.25) is 4.79 Å². The Hall–Kier alpha value is -2.33. The van der Waals surface area contributed by atoms with Crippen molar-refractivity contribution < 1.29 is 14.3 Å². The number of carbonyl (C=O) groups is 1. The van der Waals surface area contributed by atoms with Crippen LogP contribution in [0.25, 0.3) is 0 Å². The third kappa shape index (κ3) is 6.33. The second-order valence-electron chi connectivity index (χ2n) is 8.41. The van der Waals surface area contributed by atoms with Gasteiger partial charge in [0.2, 0.25) is 0 Å². The van der Waals surface area contributed by atoms with Crippen molar-refractivity contribution in [1.29, 1.82) is 0 Å². The maximum atomic E-state index is 12.4. The molecule has 1 aliphatic carbocycles. The highest BCUT2D eigenvalue weighted by Crippen LogP contribution is 2.29. The lowest BCUT2D eigenvalue weighted by Crippen LogP contribution is -2.41. The average molecular weight is 394 g/mol. The fourth-order valence-electron chi connectivity index (χ4n) is 3.87. The van der Waals surface area contributed by atoms with Crippen LogP contribution in [0, 0.1) is 11.8 Å². The SMILES string of the molecule is O=C(COc1ccccc1)N1CCC(Cc2ccc(COCC3CC3)cc2)CC1. The molecule has 4 rings (SSSR count). The summed E-state index contributed by atoms with van der Waals surface area (Å²) in [7, 11) is 0. The highest BCUT2D eigenvalue weighted by atomic mass is 16.5. The number of hydrogen-bond donors (Lipinski definition) is 0. The third-order valence-electron chi connectivity index (χ3n) is 5.94. The lowest BCUT2D eigenvalue weighted by Gasteiger charge is -2.32. The monoisotopic (exact) mass is 393 g/mol. The van der Waals surface area contributed by atoms with Crippen LogP contribution < -0.4 is 4.74 Å². The molecule has 4 heteroatoms. The molecule has 4 nitrogen and oxygen atoms in total. The minimum Gasteiger partial charge on any atom is -0.484 e. The van der Waals surface area contributed by atoms with Gasteiger partial charge < -0.3 is 14.4 Å². The lowest BCUT2D eigenvalue weighted by atomic mass is 9.90. The molecule has 1 saturated heterocycles. The number of piperidine rings is 1. The Balaban J connectivity index is 1.16. The number of rotatable bonds is 9. The molecule has 1 amide bonds. The number of hydrogen-bond acceptors (Lipinski definition) is 3. The molecule has 29 heavy (non-hydrogen) atoms. The van der Waals surface area contributed by atoms with E-state index in [1.165, 1.54) is 24.0 Å². The molecule has 1 heterocycles. The first-order chi connectivity index (χ1) is 14.3. The fraction of sp³-hybridized carbons (Fsp3) is 0.480. The van der Waals surface area contributed by atoms with Crippen molar-refractivity contribution in [2.45, 2.75) is 38.7 Å². The van der Waals surface area contributed by atoms with E-state index in [1.54, 1.807) is 0 Å². The average Bonchev–Trinajstić information content (AvgIpc) is 3.59. The summed E-state index contributed by atoms with van der Waals surface area (Å²) < 4.78 is 11.4. The quantitative estimate of drug-likeness (QED) is 0.631. The Bertz CT molecular complexity index is 762. The highest BCUT2D eigenvalue weighted by Gasteiger charge is 2.23. The van der Waals surface area contributed by atoms with Crippen molar-refractivity contribution in [2.24, 2.45) is 11.8 Å². The maximum Gasteiger partial charge on any atom is 0.260 e. The van der Waals surface area contributed by atoms with Crippen LogP contribution in [0.4, 0.5) is 0 Å². The van der Waals surface area contributed by atoms with Gasteiger partial charge in [-0.2, -0.15) is 0 Å². The van der Waals surface area contributed by atoms with E-state index in [2.05, 4.69) is 24.3 Å². The molecule has 2 fully saturated rings. The van der Waals surface area contributed by atoms with Crippen LogP contribution in [0.2, 0.25) is 0 Å². The molecule has 1 saturated carbocycles. The molecule has 2 aromatic carbocycles. The van der Waals surface area contributed by atoms with Gasteiger partial charge in [-0.25, -0.2) is 0 Å². The Morgan fingerprint density at radius 1 is 0.862 bits per heavy atom. The number of para-hydroxylation sites is 1. The van der Waals surface area contributed by atoms with Gasteiger partial charge in [0.05, 0.1) is 6.61 Å². The first kappa shape index (κ1) is 20.0. The van der Waals surface area contributed by atoms with E-state index < -0.39 is 0 Å². The summed E-state index contributed by atoms with van der Waals surface area (Å²) in [6.45, 7) is 3.42. The van der Waals surface area contributed by atoms with Crippen molar-refractivity contribution in [3.8, 4) is 5.75 Å². The molecular weight excluding hydrogens is 362 g/mol. The van der Waals surface area contributed by atoms with Crippen LogP contribution in [0.3, 0.4) is 0 Å². The van der Waals surface area contributed by atoms with E-state index in [9.17, 15) is 4.79 Å². The lowest BCUT2D eigenvalue weighted by molar-refractivity contribution is -0.134. The van der Waals surface area contributed by atoms with Gasteiger partial charge in [-0.15, -0.1) is 0 Å². The molecule has 0 spiro atoms. The molecule has 2 aromatic rings. The molecule has 0 unspecified atom stereocenters. The topological polar surface area (TPSA) is 38.8 Å². The van der Waals surface area contributed by atoms with Gasteiger partial charge in [-0.1, -0.05) is 42.5 Å². The smallest absolute Gasteiger partial charge is 0.260 e. The molecule has 0 aromatic heterocycles. The Kier molecular flexibility index (Phi) is 6.83. The molecule has 154 valence electrons. The van der Waals surface area contributed by atoms with Gasteiger partial charge in [-0.05, 0) is 67.2 Å². The van der Waals surface area contributed by atoms with Gasteiger partial charge in [0.25, 0.3) is 5.91 Å². The summed E-state index contributed by atoms with van der Waals surface area (Å²) in [5, 5.41) is 0. The van der Waals surface area contributed by atoms with Crippen LogP contribution in [-0.2, 0) is 22.6 Å². The summed E-state index contributed by atoms with van der Waals surface area (Å²) in [5.41, 5.74) is 2.64. The van der Waals surface area contributed by atoms with Crippen molar-refractivity contribution >= 4 is 5.91 Å². The largest absolute Gasteiger partial charge is 0.484 e. The molecule has 0 radical (unpaired) electrons. The summed E-state index contributed by atoms with van der Waals surface area (Å²) in [6, 6.07) is 18.4. The number of carbonyl (C=O) groups excluding carboxylic acids is 1. The number of benzene rings is 2. The highest BCUT2D eigenvalue weighted by molar-refractivity contribution is 5.77. The number of amides is 1. The Morgan fingerprint density at radius 2 is 1.55 bits per heavy atom. The number of likely N-dealkylation sites (tertiary alicyclic amines) is 1. The summed E-state index contributed by atoms with van der Waals surface area (Å²) >= 11 is 0. The van der Waals surface area contributed by atoms with Crippen LogP contribution in [0.15, 0.2) is 54.6 Å². The zero-order valence-corrected chi connectivity index (χ0v) is 17.1. The third-order valence-corrected chi connectivity index (χ3v) is 5.94. The van der Waals surface area contributed by atoms with Crippen molar-refractivity contribution in [3.05, 3.63) is 65.7 Å². The zero-order valence-electron chi connectivity index (χ0n) is 17.1. The Morgan fingerprint density at radius 3 is 2.24 bits per heavy atom. The second kappa shape index (κ2) is 9.93. The molecule has 0 N–H and O–H groups in total. The van der Waals surface area contributed by atoms with Gasteiger partial charge in [0, 0.05) is 19.7 Å². The maximum absolute atomic E-state index is 12.4. The van der Waals surface area contributed by atoms with Crippen LogP contribution in [0.5, 0.6) is 5.75 Å². The minimum absolute atomic E-state index is 0.0860. The fourth-order valence-corrected chi connectivity index (χ4v) is 3.87. The predicted molar refractivity (Wildman–Crippen MR) is 114 cm³/mol. The summed E-state index contributed by atoms with van der Waals surface area (Å²) in [6.07, 6.45) is 5.88. The van der Waals surface area contributed by atoms with Crippen LogP contribution in [0.1, 0.15) is 36.8 Å². The van der Waals surface area contributed by atoms with E-state index in [1.807, 2.05) is 35.2 Å². The van der Waals surface area contributed by atoms with Gasteiger partial charge in [0.15, 0.2) is 6.61 Å². The van der Waals surface area contributed by atoms with Crippen LogP contribution in [-0.4, -0.2) is 37.1 Å². The van der Waals surface area contributed by atoms with E-state index in [0.29, 0.717) is 5.92 Å². The summed E-state index contributed by atoms with van der Waals surface area (Å²) in [4.78, 5) is 14.3. The summed E-state index contributed by atoms with van der Waals surface area (Å²) in [5.74, 6) is 2.29. The molecule has 0 atom stereocenters. The van der Waals surface area contributed by atoms with Crippen molar-refractivity contribution in [2.75, 3.05) is 26.3 Å².